The second kappa shape index (κ2) is 10.1. The van der Waals surface area contributed by atoms with Crippen LogP contribution in [-0.4, -0.2) is 68.1 Å². The molecule has 188 valence electrons. The minimum Gasteiger partial charge on any atom is -0.372 e. The van der Waals surface area contributed by atoms with Crippen LogP contribution in [0.3, 0.4) is 0 Å². The van der Waals surface area contributed by atoms with E-state index in [2.05, 4.69) is 43.0 Å². The normalized spacial score (nSPS) is 13.5. The van der Waals surface area contributed by atoms with Crippen molar-refractivity contribution in [3.8, 4) is 0 Å². The van der Waals surface area contributed by atoms with Gasteiger partial charge in [0.05, 0.1) is 11.3 Å². The Labute approximate surface area is 217 Å². The molecule has 0 unspecified atom stereocenters. The topological polar surface area (TPSA) is 56.2 Å². The SMILES string of the molecule is CCN(CC)c1ccc(C=Nc2cccc3cc4cccc5c4c(c23)C(=O)N(CCN(C)C)C5=O)cc1. The third-order valence-electron chi connectivity index (χ3n) is 7.06. The Morgan fingerprint density at radius 1 is 0.838 bits per heavy atom. The van der Waals surface area contributed by atoms with Crippen LogP contribution in [-0.2, 0) is 0 Å². The first kappa shape index (κ1) is 24.7. The van der Waals surface area contributed by atoms with Crippen LogP contribution >= 0.6 is 0 Å². The van der Waals surface area contributed by atoms with Gasteiger partial charge in [0.2, 0.25) is 0 Å². The van der Waals surface area contributed by atoms with Crippen molar-refractivity contribution in [2.45, 2.75) is 13.8 Å². The van der Waals surface area contributed by atoms with Crippen molar-refractivity contribution in [1.29, 1.82) is 0 Å². The molecule has 5 rings (SSSR count). The number of amides is 2. The lowest BCUT2D eigenvalue weighted by atomic mass is 9.89. The molecule has 4 aromatic rings. The van der Waals surface area contributed by atoms with Crippen LogP contribution in [0.1, 0.15) is 40.1 Å². The lowest BCUT2D eigenvalue weighted by molar-refractivity contribution is 0.0602. The molecule has 1 aliphatic rings. The molecule has 0 spiro atoms. The zero-order chi connectivity index (χ0) is 26.1. The maximum absolute atomic E-state index is 13.9. The van der Waals surface area contributed by atoms with Gasteiger partial charge in [-0.25, -0.2) is 0 Å². The van der Waals surface area contributed by atoms with Crippen molar-refractivity contribution in [1.82, 2.24) is 9.80 Å². The third-order valence-corrected chi connectivity index (χ3v) is 7.06. The molecule has 0 bridgehead atoms. The minimum absolute atomic E-state index is 0.237. The quantitative estimate of drug-likeness (QED) is 0.179. The lowest BCUT2D eigenvalue weighted by Gasteiger charge is -2.29. The van der Waals surface area contributed by atoms with Crippen LogP contribution in [0.25, 0.3) is 21.5 Å². The Morgan fingerprint density at radius 3 is 2.19 bits per heavy atom. The second-order valence-electron chi connectivity index (χ2n) is 9.62. The van der Waals surface area contributed by atoms with Gasteiger partial charge in [0.1, 0.15) is 0 Å². The highest BCUT2D eigenvalue weighted by Crippen LogP contribution is 2.39. The number of nitrogens with zero attached hydrogens (tertiary/aromatic N) is 4. The number of anilines is 1. The van der Waals surface area contributed by atoms with Crippen LogP contribution in [0.15, 0.2) is 71.7 Å². The number of fused-ring (bicyclic) bond motifs is 2. The van der Waals surface area contributed by atoms with Gasteiger partial charge in [-0.1, -0.05) is 36.4 Å². The van der Waals surface area contributed by atoms with Gasteiger partial charge in [-0.3, -0.25) is 19.5 Å². The minimum atomic E-state index is -0.257. The highest BCUT2D eigenvalue weighted by atomic mass is 16.2. The molecule has 4 aromatic carbocycles. The molecule has 0 aliphatic carbocycles. The van der Waals surface area contributed by atoms with Gasteiger partial charge < -0.3 is 9.80 Å². The van der Waals surface area contributed by atoms with E-state index in [1.54, 1.807) is 0 Å². The molecule has 0 fully saturated rings. The number of carbonyl (C=O) groups is 2. The first-order valence-electron chi connectivity index (χ1n) is 12.8. The van der Waals surface area contributed by atoms with Crippen LogP contribution in [0, 0.1) is 0 Å². The lowest BCUT2D eigenvalue weighted by Crippen LogP contribution is -2.43. The van der Waals surface area contributed by atoms with Gasteiger partial charge in [-0.15, -0.1) is 0 Å². The Bertz CT molecular complexity index is 1520. The van der Waals surface area contributed by atoms with Crippen molar-refractivity contribution in [3.63, 3.8) is 0 Å². The molecule has 1 heterocycles. The molecule has 0 saturated heterocycles. The number of hydrogen-bond acceptors (Lipinski definition) is 5. The smallest absolute Gasteiger partial charge is 0.262 e. The zero-order valence-electron chi connectivity index (χ0n) is 21.9. The van der Waals surface area contributed by atoms with E-state index in [0.29, 0.717) is 29.9 Å². The summed E-state index contributed by atoms with van der Waals surface area (Å²) in [5.41, 5.74) is 4.01. The van der Waals surface area contributed by atoms with E-state index >= 15 is 0 Å². The second-order valence-corrected chi connectivity index (χ2v) is 9.62. The summed E-state index contributed by atoms with van der Waals surface area (Å²) < 4.78 is 0. The summed E-state index contributed by atoms with van der Waals surface area (Å²) in [4.78, 5) is 37.7. The van der Waals surface area contributed by atoms with Gasteiger partial charge in [-0.2, -0.15) is 0 Å². The molecule has 0 aromatic heterocycles. The number of rotatable bonds is 8. The van der Waals surface area contributed by atoms with Crippen molar-refractivity contribution < 1.29 is 9.59 Å². The molecule has 6 heteroatoms. The van der Waals surface area contributed by atoms with Crippen molar-refractivity contribution in [2.75, 3.05) is 45.2 Å². The van der Waals surface area contributed by atoms with Crippen LogP contribution < -0.4 is 4.90 Å². The third kappa shape index (κ3) is 4.49. The van der Waals surface area contributed by atoms with E-state index in [9.17, 15) is 9.59 Å². The van der Waals surface area contributed by atoms with Gasteiger partial charge in [0.15, 0.2) is 0 Å². The molecule has 0 saturated carbocycles. The summed E-state index contributed by atoms with van der Waals surface area (Å²) in [5, 5.41) is 3.33. The van der Waals surface area contributed by atoms with E-state index in [-0.39, 0.29) is 11.8 Å². The van der Waals surface area contributed by atoms with Crippen LogP contribution in [0.5, 0.6) is 0 Å². The summed E-state index contributed by atoms with van der Waals surface area (Å²) in [6.07, 6.45) is 1.84. The fraction of sp³-hybridized carbons (Fsp3) is 0.258. The average molecular weight is 493 g/mol. The van der Waals surface area contributed by atoms with E-state index in [4.69, 9.17) is 4.99 Å². The van der Waals surface area contributed by atoms with E-state index in [1.165, 1.54) is 10.6 Å². The summed E-state index contributed by atoms with van der Waals surface area (Å²) in [6.45, 7) is 7.15. The first-order valence-corrected chi connectivity index (χ1v) is 12.8. The number of imide groups is 1. The van der Waals surface area contributed by atoms with E-state index in [0.717, 1.165) is 40.2 Å². The Kier molecular flexibility index (Phi) is 6.76. The number of carbonyl (C=O) groups excluding carboxylic acids is 2. The molecular weight excluding hydrogens is 460 g/mol. The van der Waals surface area contributed by atoms with Gasteiger partial charge >= 0.3 is 0 Å². The van der Waals surface area contributed by atoms with Crippen molar-refractivity contribution >= 4 is 50.9 Å². The number of benzene rings is 4. The maximum atomic E-state index is 13.9. The number of aliphatic imine (C=N–C) groups is 1. The molecule has 2 amide bonds. The fourth-order valence-electron chi connectivity index (χ4n) is 5.09. The van der Waals surface area contributed by atoms with Gasteiger partial charge in [-0.05, 0) is 74.6 Å². The molecule has 6 nitrogen and oxygen atoms in total. The summed E-state index contributed by atoms with van der Waals surface area (Å²) in [5.74, 6) is -0.494. The molecular formula is C31H32N4O2. The summed E-state index contributed by atoms with van der Waals surface area (Å²) >= 11 is 0. The van der Waals surface area contributed by atoms with Gasteiger partial charge in [0, 0.05) is 54.4 Å². The van der Waals surface area contributed by atoms with Gasteiger partial charge in [0.25, 0.3) is 11.8 Å². The predicted octanol–water partition coefficient (Wildman–Crippen LogP) is 5.75. The maximum Gasteiger partial charge on any atom is 0.262 e. The summed E-state index contributed by atoms with van der Waals surface area (Å²) in [7, 11) is 3.87. The fourth-order valence-corrected chi connectivity index (χ4v) is 5.09. The highest BCUT2D eigenvalue weighted by molar-refractivity contribution is 6.31. The Morgan fingerprint density at radius 2 is 1.51 bits per heavy atom. The molecule has 0 radical (unpaired) electrons. The standard InChI is InChI=1S/C31H32N4O2/c1-5-34(6-2)24-15-13-21(14-16-24)20-32-26-12-8-10-23-19-22-9-7-11-25-27(22)29(28(23)26)31(37)35(30(25)36)18-17-33(3)4/h7-16,19-20H,5-6,17-18H2,1-4H3. The number of likely N-dealkylation sites (N-methyl/N-ethyl adjacent to an activating group) is 1. The predicted molar refractivity (Wildman–Crippen MR) is 153 cm³/mol. The van der Waals surface area contributed by atoms with Crippen molar-refractivity contribution in [2.24, 2.45) is 4.99 Å². The molecule has 1 aliphatic heterocycles. The summed E-state index contributed by atoms with van der Waals surface area (Å²) in [6, 6.07) is 22.0. The molecule has 0 atom stereocenters. The van der Waals surface area contributed by atoms with Crippen molar-refractivity contribution in [3.05, 3.63) is 83.4 Å². The molecule has 37 heavy (non-hydrogen) atoms. The van der Waals surface area contributed by atoms with Crippen LogP contribution in [0.2, 0.25) is 0 Å². The van der Waals surface area contributed by atoms with E-state index in [1.807, 2.05) is 67.7 Å². The zero-order valence-corrected chi connectivity index (χ0v) is 21.9. The Hall–Kier alpha value is -4.03. The van der Waals surface area contributed by atoms with Crippen LogP contribution in [0.4, 0.5) is 11.4 Å². The van der Waals surface area contributed by atoms with E-state index < -0.39 is 0 Å². The Balaban J connectivity index is 1.63. The highest BCUT2D eigenvalue weighted by Gasteiger charge is 2.34. The average Bonchev–Trinajstić information content (AvgIpc) is 2.90. The number of hydrogen-bond donors (Lipinski definition) is 0. The molecule has 0 N–H and O–H groups in total. The first-order chi connectivity index (χ1) is 17.9. The largest absolute Gasteiger partial charge is 0.372 e. The monoisotopic (exact) mass is 492 g/mol.